The van der Waals surface area contributed by atoms with E-state index in [2.05, 4.69) is 38.1 Å². The number of aromatic hydroxyl groups is 1. The number of aliphatic hydroxyl groups is 1. The van der Waals surface area contributed by atoms with E-state index in [1.165, 1.54) is 5.56 Å². The van der Waals surface area contributed by atoms with Gasteiger partial charge in [-0.1, -0.05) is 36.8 Å². The summed E-state index contributed by atoms with van der Waals surface area (Å²) in [7, 11) is 0. The molecule has 0 saturated heterocycles. The van der Waals surface area contributed by atoms with Crippen LogP contribution in [0.2, 0.25) is 0 Å². The number of phenolic OH excluding ortho intramolecular Hbond substituents is 1. The van der Waals surface area contributed by atoms with Crippen LogP contribution < -0.4 is 0 Å². The van der Waals surface area contributed by atoms with Gasteiger partial charge in [-0.2, -0.15) is 0 Å². The number of benzene rings is 2. The van der Waals surface area contributed by atoms with Crippen LogP contribution in [0.5, 0.6) is 5.75 Å². The topological polar surface area (TPSA) is 40.5 Å². The van der Waals surface area contributed by atoms with Crippen molar-refractivity contribution < 1.29 is 10.2 Å². The largest absolute Gasteiger partial charge is 0.508 e. The summed E-state index contributed by atoms with van der Waals surface area (Å²) in [6, 6.07) is 15.4. The molecule has 0 aliphatic rings. The zero-order valence-corrected chi connectivity index (χ0v) is 12.7. The van der Waals surface area contributed by atoms with Crippen LogP contribution in [-0.4, -0.2) is 16.8 Å². The summed E-state index contributed by atoms with van der Waals surface area (Å²) in [6.07, 6.45) is 0.831. The molecule has 0 heterocycles. The molecule has 2 nitrogen and oxygen atoms in total. The average Bonchev–Trinajstić information content (AvgIpc) is 2.48. The highest BCUT2D eigenvalue weighted by Gasteiger charge is 2.31. The Hall–Kier alpha value is -1.45. The van der Waals surface area contributed by atoms with E-state index in [-0.39, 0.29) is 17.1 Å². The van der Waals surface area contributed by atoms with Gasteiger partial charge in [0.05, 0.1) is 11.4 Å². The van der Waals surface area contributed by atoms with Crippen LogP contribution in [0, 0.1) is 6.92 Å². The highest BCUT2D eigenvalue weighted by molar-refractivity contribution is 8.00. The molecule has 0 bridgehead atoms. The fourth-order valence-electron chi connectivity index (χ4n) is 2.17. The molecule has 0 spiro atoms. The van der Waals surface area contributed by atoms with Crippen LogP contribution in [0.25, 0.3) is 0 Å². The van der Waals surface area contributed by atoms with Gasteiger partial charge in [-0.15, -0.1) is 11.8 Å². The maximum atomic E-state index is 9.94. The maximum absolute atomic E-state index is 9.94. The Morgan fingerprint density at radius 2 is 1.60 bits per heavy atom. The van der Waals surface area contributed by atoms with E-state index in [4.69, 9.17) is 0 Å². The van der Waals surface area contributed by atoms with E-state index in [9.17, 15) is 10.2 Å². The van der Waals surface area contributed by atoms with Crippen molar-refractivity contribution in [2.45, 2.75) is 29.9 Å². The van der Waals surface area contributed by atoms with Gasteiger partial charge < -0.3 is 10.2 Å². The summed E-state index contributed by atoms with van der Waals surface area (Å²) >= 11 is 1.64. The predicted octanol–water partition coefficient (Wildman–Crippen LogP) is 4.09. The third-order valence-corrected chi connectivity index (χ3v) is 5.11. The maximum Gasteiger partial charge on any atom is 0.115 e. The highest BCUT2D eigenvalue weighted by Crippen LogP contribution is 2.44. The van der Waals surface area contributed by atoms with Crippen molar-refractivity contribution in [3.8, 4) is 5.75 Å². The minimum absolute atomic E-state index is 0.0815. The second kappa shape index (κ2) is 6.33. The van der Waals surface area contributed by atoms with E-state index in [1.807, 2.05) is 12.1 Å². The first kappa shape index (κ1) is 14.9. The van der Waals surface area contributed by atoms with Crippen LogP contribution in [0.15, 0.2) is 53.4 Å². The van der Waals surface area contributed by atoms with Crippen molar-refractivity contribution in [1.82, 2.24) is 0 Å². The second-order valence-electron chi connectivity index (χ2n) is 4.97. The molecule has 0 aromatic heterocycles. The van der Waals surface area contributed by atoms with Crippen LogP contribution in [-0.2, 0) is 4.75 Å². The van der Waals surface area contributed by atoms with Crippen LogP contribution in [0.3, 0.4) is 0 Å². The lowest BCUT2D eigenvalue weighted by molar-refractivity contribution is 0.245. The summed E-state index contributed by atoms with van der Waals surface area (Å²) in [6.45, 7) is 4.23. The molecule has 106 valence electrons. The van der Waals surface area contributed by atoms with Gasteiger partial charge in [-0.3, -0.25) is 0 Å². The van der Waals surface area contributed by atoms with Gasteiger partial charge in [0.2, 0.25) is 0 Å². The zero-order chi connectivity index (χ0) is 14.6. The summed E-state index contributed by atoms with van der Waals surface area (Å²) in [5.74, 6) is 0.260. The SMILES string of the molecule is CCC(CO)(Sc1ccc(O)cc1)c1ccc(C)cc1. The quantitative estimate of drug-likeness (QED) is 0.814. The molecular weight excluding hydrogens is 268 g/mol. The number of hydrogen-bond donors (Lipinski definition) is 2. The van der Waals surface area contributed by atoms with Crippen LogP contribution in [0.4, 0.5) is 0 Å². The molecular formula is C17H20O2S. The smallest absolute Gasteiger partial charge is 0.115 e. The molecule has 2 aromatic rings. The molecule has 20 heavy (non-hydrogen) atoms. The molecule has 0 aliphatic carbocycles. The van der Waals surface area contributed by atoms with Crippen molar-refractivity contribution in [3.05, 3.63) is 59.7 Å². The number of aliphatic hydroxyl groups excluding tert-OH is 1. The van der Waals surface area contributed by atoms with Crippen LogP contribution in [0.1, 0.15) is 24.5 Å². The lowest BCUT2D eigenvalue weighted by Gasteiger charge is -2.31. The molecule has 1 atom stereocenters. The minimum atomic E-state index is -0.343. The van der Waals surface area contributed by atoms with Crippen molar-refractivity contribution >= 4 is 11.8 Å². The molecule has 3 heteroatoms. The lowest BCUT2D eigenvalue weighted by atomic mass is 9.95. The van der Waals surface area contributed by atoms with E-state index in [0.717, 1.165) is 16.9 Å². The second-order valence-corrected chi connectivity index (χ2v) is 6.42. The first-order chi connectivity index (χ1) is 9.59. The summed E-state index contributed by atoms with van der Waals surface area (Å²) in [5, 5.41) is 19.3. The molecule has 0 aliphatic heterocycles. The Labute approximate surface area is 124 Å². The first-order valence-electron chi connectivity index (χ1n) is 6.76. The Bertz CT molecular complexity index is 542. The predicted molar refractivity (Wildman–Crippen MR) is 84.2 cm³/mol. The molecule has 0 amide bonds. The standard InChI is InChI=1S/C17H20O2S/c1-3-17(12-18,14-6-4-13(2)5-7-14)20-16-10-8-15(19)9-11-16/h4-11,18-19H,3,12H2,1-2H3. The summed E-state index contributed by atoms with van der Waals surface area (Å²) in [4.78, 5) is 1.04. The molecule has 0 saturated carbocycles. The monoisotopic (exact) mass is 288 g/mol. The van der Waals surface area contributed by atoms with Crippen molar-refractivity contribution in [2.24, 2.45) is 0 Å². The number of aryl methyl sites for hydroxylation is 1. The van der Waals surface area contributed by atoms with Gasteiger partial charge in [0.1, 0.15) is 5.75 Å². The Morgan fingerprint density at radius 3 is 2.10 bits per heavy atom. The van der Waals surface area contributed by atoms with Crippen molar-refractivity contribution in [2.75, 3.05) is 6.61 Å². The number of thioether (sulfide) groups is 1. The Balaban J connectivity index is 2.33. The minimum Gasteiger partial charge on any atom is -0.508 e. The van der Waals surface area contributed by atoms with Gasteiger partial charge in [0, 0.05) is 4.90 Å². The van der Waals surface area contributed by atoms with Gasteiger partial charge >= 0.3 is 0 Å². The van der Waals surface area contributed by atoms with E-state index >= 15 is 0 Å². The number of hydrogen-bond acceptors (Lipinski definition) is 3. The molecule has 2 aromatic carbocycles. The van der Waals surface area contributed by atoms with E-state index in [1.54, 1.807) is 23.9 Å². The number of rotatable bonds is 5. The molecule has 1 unspecified atom stereocenters. The number of phenols is 1. The zero-order valence-electron chi connectivity index (χ0n) is 11.8. The van der Waals surface area contributed by atoms with E-state index < -0.39 is 0 Å². The van der Waals surface area contributed by atoms with Crippen LogP contribution >= 0.6 is 11.8 Å². The van der Waals surface area contributed by atoms with Gasteiger partial charge in [-0.25, -0.2) is 0 Å². The van der Waals surface area contributed by atoms with Gasteiger partial charge in [-0.05, 0) is 43.2 Å². The van der Waals surface area contributed by atoms with E-state index in [0.29, 0.717) is 0 Å². The Kier molecular flexibility index (Phi) is 4.73. The summed E-state index contributed by atoms with van der Waals surface area (Å²) < 4.78 is -0.343. The molecule has 2 rings (SSSR count). The van der Waals surface area contributed by atoms with Crippen molar-refractivity contribution in [1.29, 1.82) is 0 Å². The van der Waals surface area contributed by atoms with Gasteiger partial charge in [0.25, 0.3) is 0 Å². The third-order valence-electron chi connectivity index (χ3n) is 3.55. The van der Waals surface area contributed by atoms with Gasteiger partial charge in [0.15, 0.2) is 0 Å². The Morgan fingerprint density at radius 1 is 1.00 bits per heavy atom. The lowest BCUT2D eigenvalue weighted by Crippen LogP contribution is -2.25. The molecule has 0 fully saturated rings. The fourth-order valence-corrected chi connectivity index (χ4v) is 3.35. The average molecular weight is 288 g/mol. The van der Waals surface area contributed by atoms with Crippen molar-refractivity contribution in [3.63, 3.8) is 0 Å². The highest BCUT2D eigenvalue weighted by atomic mass is 32.2. The fraction of sp³-hybridized carbons (Fsp3) is 0.294. The summed E-state index contributed by atoms with van der Waals surface area (Å²) in [5.41, 5.74) is 2.34. The molecule has 2 N–H and O–H groups in total. The normalized spacial score (nSPS) is 13.9. The first-order valence-corrected chi connectivity index (χ1v) is 7.57. The molecule has 0 radical (unpaired) electrons. The third kappa shape index (κ3) is 3.17.